The van der Waals surface area contributed by atoms with E-state index < -0.39 is 0 Å². The third kappa shape index (κ3) is 5.05. The van der Waals surface area contributed by atoms with Crippen LogP contribution in [-0.4, -0.2) is 34.3 Å². The summed E-state index contributed by atoms with van der Waals surface area (Å²) >= 11 is 0. The number of aliphatic imine (C=N–C) groups is 1. The summed E-state index contributed by atoms with van der Waals surface area (Å²) < 4.78 is 16.1. The number of benzene rings is 2. The molecule has 2 aromatic carbocycles. The molecule has 26 heavy (non-hydrogen) atoms. The van der Waals surface area contributed by atoms with Gasteiger partial charge >= 0.3 is 0 Å². The van der Waals surface area contributed by atoms with Crippen LogP contribution in [0, 0.1) is 6.92 Å². The maximum Gasteiger partial charge on any atom is 0.191 e. The molecule has 0 aliphatic carbocycles. The molecule has 0 amide bonds. The SMILES string of the molecule is CN=C(NCc1ccc(C)cc1OC)NCc1ccc(OC)cc1OC. The molecule has 2 rings (SSSR count). The molecule has 0 heterocycles. The number of nitrogens with one attached hydrogen (secondary N) is 2. The lowest BCUT2D eigenvalue weighted by atomic mass is 10.1. The number of hydrogen-bond donors (Lipinski definition) is 2. The van der Waals surface area contributed by atoms with Gasteiger partial charge in [-0.2, -0.15) is 0 Å². The second kappa shape index (κ2) is 9.56. The van der Waals surface area contributed by atoms with Crippen LogP contribution in [0.4, 0.5) is 0 Å². The molecule has 2 N–H and O–H groups in total. The van der Waals surface area contributed by atoms with E-state index in [2.05, 4.69) is 27.8 Å². The summed E-state index contributed by atoms with van der Waals surface area (Å²) in [7, 11) is 6.71. The number of rotatable bonds is 7. The van der Waals surface area contributed by atoms with Gasteiger partial charge in [0.05, 0.1) is 21.3 Å². The van der Waals surface area contributed by atoms with Crippen molar-refractivity contribution in [2.45, 2.75) is 20.0 Å². The zero-order valence-electron chi connectivity index (χ0n) is 16.1. The van der Waals surface area contributed by atoms with Crippen LogP contribution in [0.1, 0.15) is 16.7 Å². The Bertz CT molecular complexity index is 760. The molecule has 0 aliphatic heterocycles. The third-order valence-electron chi connectivity index (χ3n) is 4.05. The van der Waals surface area contributed by atoms with Gasteiger partial charge in [-0.05, 0) is 30.7 Å². The average molecular weight is 357 g/mol. The number of hydrogen-bond acceptors (Lipinski definition) is 4. The third-order valence-corrected chi connectivity index (χ3v) is 4.05. The Hall–Kier alpha value is -2.89. The Morgan fingerprint density at radius 2 is 1.42 bits per heavy atom. The van der Waals surface area contributed by atoms with Crippen molar-refractivity contribution in [2.75, 3.05) is 28.4 Å². The summed E-state index contributed by atoms with van der Waals surface area (Å²) in [6.07, 6.45) is 0. The molecular weight excluding hydrogens is 330 g/mol. The first-order valence-electron chi connectivity index (χ1n) is 8.40. The molecule has 0 saturated carbocycles. The van der Waals surface area contributed by atoms with E-state index in [1.54, 1.807) is 28.4 Å². The standard InChI is InChI=1S/C20H27N3O3/c1-14-6-7-15(18(10-14)25-4)12-22-20(21-2)23-13-16-8-9-17(24-3)11-19(16)26-5/h6-11H,12-13H2,1-5H3,(H2,21,22,23). The summed E-state index contributed by atoms with van der Waals surface area (Å²) in [5.41, 5.74) is 3.26. The van der Waals surface area contributed by atoms with Crippen LogP contribution in [0.5, 0.6) is 17.2 Å². The molecule has 0 fully saturated rings. The first-order chi connectivity index (χ1) is 12.6. The largest absolute Gasteiger partial charge is 0.497 e. The van der Waals surface area contributed by atoms with E-state index in [4.69, 9.17) is 14.2 Å². The van der Waals surface area contributed by atoms with Crippen LogP contribution in [0.25, 0.3) is 0 Å². The Labute approximate surface area is 155 Å². The predicted molar refractivity (Wildman–Crippen MR) is 104 cm³/mol. The number of methoxy groups -OCH3 is 3. The Balaban J connectivity index is 1.98. The van der Waals surface area contributed by atoms with Crippen molar-refractivity contribution in [3.8, 4) is 17.2 Å². The molecule has 0 radical (unpaired) electrons. The van der Waals surface area contributed by atoms with Crippen LogP contribution in [0.2, 0.25) is 0 Å². The second-order valence-corrected chi connectivity index (χ2v) is 5.77. The molecule has 2 aromatic rings. The van der Waals surface area contributed by atoms with Crippen molar-refractivity contribution in [1.29, 1.82) is 0 Å². The molecule has 0 unspecified atom stereocenters. The van der Waals surface area contributed by atoms with Crippen molar-refractivity contribution in [3.05, 3.63) is 53.1 Å². The van der Waals surface area contributed by atoms with Crippen LogP contribution < -0.4 is 24.8 Å². The van der Waals surface area contributed by atoms with E-state index in [1.807, 2.05) is 31.2 Å². The van der Waals surface area contributed by atoms with Crippen molar-refractivity contribution >= 4 is 5.96 Å². The van der Waals surface area contributed by atoms with Crippen LogP contribution in [0.15, 0.2) is 41.4 Å². The molecule has 0 aromatic heterocycles. The molecule has 0 aliphatic rings. The minimum Gasteiger partial charge on any atom is -0.497 e. The van der Waals surface area contributed by atoms with Crippen molar-refractivity contribution in [3.63, 3.8) is 0 Å². The van der Waals surface area contributed by atoms with Gasteiger partial charge in [-0.3, -0.25) is 4.99 Å². The monoisotopic (exact) mass is 357 g/mol. The first-order valence-corrected chi connectivity index (χ1v) is 8.40. The summed E-state index contributed by atoms with van der Waals surface area (Å²) in [4.78, 5) is 4.27. The molecule has 0 bridgehead atoms. The number of guanidine groups is 1. The fourth-order valence-electron chi connectivity index (χ4n) is 2.57. The van der Waals surface area contributed by atoms with Gasteiger partial charge in [0.25, 0.3) is 0 Å². The van der Waals surface area contributed by atoms with Gasteiger partial charge in [0.1, 0.15) is 17.2 Å². The van der Waals surface area contributed by atoms with Crippen molar-refractivity contribution < 1.29 is 14.2 Å². The molecular formula is C20H27N3O3. The van der Waals surface area contributed by atoms with E-state index >= 15 is 0 Å². The lowest BCUT2D eigenvalue weighted by Crippen LogP contribution is -2.36. The highest BCUT2D eigenvalue weighted by molar-refractivity contribution is 5.79. The second-order valence-electron chi connectivity index (χ2n) is 5.77. The normalized spacial score (nSPS) is 11.0. The van der Waals surface area contributed by atoms with Gasteiger partial charge < -0.3 is 24.8 Å². The lowest BCUT2D eigenvalue weighted by Gasteiger charge is -2.15. The minimum atomic E-state index is 0.581. The van der Waals surface area contributed by atoms with Gasteiger partial charge in [-0.25, -0.2) is 0 Å². The van der Waals surface area contributed by atoms with Crippen LogP contribution in [-0.2, 0) is 13.1 Å². The summed E-state index contributed by atoms with van der Waals surface area (Å²) in [6, 6.07) is 11.9. The van der Waals surface area contributed by atoms with E-state index in [0.717, 1.165) is 28.4 Å². The number of ether oxygens (including phenoxy) is 3. The zero-order chi connectivity index (χ0) is 18.9. The smallest absolute Gasteiger partial charge is 0.191 e. The van der Waals surface area contributed by atoms with E-state index in [9.17, 15) is 0 Å². The fourth-order valence-corrected chi connectivity index (χ4v) is 2.57. The quantitative estimate of drug-likeness (QED) is 0.589. The van der Waals surface area contributed by atoms with Crippen LogP contribution >= 0.6 is 0 Å². The topological polar surface area (TPSA) is 64.1 Å². The highest BCUT2D eigenvalue weighted by Gasteiger charge is 2.08. The summed E-state index contributed by atoms with van der Waals surface area (Å²) in [5, 5.41) is 6.60. The molecule has 0 spiro atoms. The van der Waals surface area contributed by atoms with Gasteiger partial charge in [0, 0.05) is 37.3 Å². The maximum absolute atomic E-state index is 5.44. The van der Waals surface area contributed by atoms with Gasteiger partial charge in [-0.15, -0.1) is 0 Å². The van der Waals surface area contributed by atoms with Gasteiger partial charge in [0.15, 0.2) is 5.96 Å². The first kappa shape index (κ1) is 19.4. The molecule has 140 valence electrons. The summed E-state index contributed by atoms with van der Waals surface area (Å²) in [5.74, 6) is 3.10. The zero-order valence-corrected chi connectivity index (χ0v) is 16.1. The van der Waals surface area contributed by atoms with Crippen molar-refractivity contribution in [2.24, 2.45) is 4.99 Å². The Kier molecular flexibility index (Phi) is 7.14. The van der Waals surface area contributed by atoms with Gasteiger partial charge in [0.2, 0.25) is 0 Å². The maximum atomic E-state index is 5.44. The average Bonchev–Trinajstić information content (AvgIpc) is 2.68. The lowest BCUT2D eigenvalue weighted by molar-refractivity contribution is 0.390. The fraction of sp³-hybridized carbons (Fsp3) is 0.350. The highest BCUT2D eigenvalue weighted by atomic mass is 16.5. The molecule has 0 atom stereocenters. The minimum absolute atomic E-state index is 0.581. The van der Waals surface area contributed by atoms with E-state index in [0.29, 0.717) is 19.0 Å². The van der Waals surface area contributed by atoms with Crippen molar-refractivity contribution in [1.82, 2.24) is 10.6 Å². The van der Waals surface area contributed by atoms with Gasteiger partial charge in [-0.1, -0.05) is 12.1 Å². The molecule has 6 heteroatoms. The summed E-state index contributed by atoms with van der Waals surface area (Å²) in [6.45, 7) is 3.24. The molecule has 0 saturated heterocycles. The van der Waals surface area contributed by atoms with E-state index in [1.165, 1.54) is 5.56 Å². The molecule has 6 nitrogen and oxygen atoms in total. The predicted octanol–water partition coefficient (Wildman–Crippen LogP) is 2.89. The Morgan fingerprint density at radius 1 is 0.846 bits per heavy atom. The number of aryl methyl sites for hydroxylation is 1. The Morgan fingerprint density at radius 3 is 1.96 bits per heavy atom. The van der Waals surface area contributed by atoms with E-state index in [-0.39, 0.29) is 0 Å². The van der Waals surface area contributed by atoms with Crippen LogP contribution in [0.3, 0.4) is 0 Å². The highest BCUT2D eigenvalue weighted by Crippen LogP contribution is 2.24. The number of nitrogens with zero attached hydrogens (tertiary/aromatic N) is 1.